The monoisotopic (exact) mass is 268 g/mol. The van der Waals surface area contributed by atoms with E-state index in [9.17, 15) is 0 Å². The lowest BCUT2D eigenvalue weighted by molar-refractivity contribution is -0.0435. The lowest BCUT2D eigenvalue weighted by Gasteiger charge is -2.39. The lowest BCUT2D eigenvalue weighted by atomic mass is 9.49. The fourth-order valence-corrected chi connectivity index (χ4v) is 2.66. The molecule has 2 saturated heterocycles. The molecule has 0 spiro atoms. The highest BCUT2D eigenvalue weighted by Gasteiger charge is 2.63. The lowest BCUT2D eigenvalue weighted by Crippen LogP contribution is -2.49. The van der Waals surface area contributed by atoms with Gasteiger partial charge in [-0.2, -0.15) is 0 Å². The minimum absolute atomic E-state index is 0.0266. The molecule has 0 bridgehead atoms. The summed E-state index contributed by atoms with van der Waals surface area (Å²) in [6.07, 6.45) is 0.0266. The first-order valence-electron chi connectivity index (χ1n) is 7.18. The van der Waals surface area contributed by atoms with Crippen molar-refractivity contribution in [1.82, 2.24) is 0 Å². The van der Waals surface area contributed by atoms with Crippen molar-refractivity contribution in [3.63, 3.8) is 0 Å². The van der Waals surface area contributed by atoms with E-state index in [1.54, 1.807) is 0 Å². The Bertz CT molecular complexity index is 359. The molecule has 0 amide bonds. The van der Waals surface area contributed by atoms with Crippen LogP contribution in [0.4, 0.5) is 0 Å². The Balaban J connectivity index is 2.14. The summed E-state index contributed by atoms with van der Waals surface area (Å²) in [6.45, 7) is 16.6. The normalized spacial score (nSPS) is 37.4. The molecule has 2 aliphatic rings. The van der Waals surface area contributed by atoms with Crippen LogP contribution in [-0.2, 0) is 18.6 Å². The first-order chi connectivity index (χ1) is 8.49. The summed E-state index contributed by atoms with van der Waals surface area (Å²) >= 11 is 0. The van der Waals surface area contributed by atoms with E-state index in [4.69, 9.17) is 18.6 Å². The van der Waals surface area contributed by atoms with Crippen LogP contribution in [0.3, 0.4) is 0 Å². The standard InChI is InChI=1S/C13H26B2O4/c1-9(2)13(8)12(6,7)18-15(19-13)14-16-10(3)11(4,5)17-14/h9-10H,1-8H3. The summed E-state index contributed by atoms with van der Waals surface area (Å²) in [5.74, 6) is 0.347. The Morgan fingerprint density at radius 3 is 1.84 bits per heavy atom. The van der Waals surface area contributed by atoms with Gasteiger partial charge in [-0.15, -0.1) is 0 Å². The molecular weight excluding hydrogens is 242 g/mol. The van der Waals surface area contributed by atoms with Gasteiger partial charge in [-0.25, -0.2) is 0 Å². The van der Waals surface area contributed by atoms with Crippen LogP contribution in [0, 0.1) is 5.92 Å². The van der Waals surface area contributed by atoms with Gasteiger partial charge in [-0.3, -0.25) is 0 Å². The summed E-state index contributed by atoms with van der Waals surface area (Å²) in [6, 6.07) is 0. The third-order valence-electron chi connectivity index (χ3n) is 5.03. The van der Waals surface area contributed by atoms with Crippen LogP contribution in [-0.4, -0.2) is 36.9 Å². The van der Waals surface area contributed by atoms with E-state index in [-0.39, 0.29) is 22.9 Å². The maximum atomic E-state index is 6.18. The van der Waals surface area contributed by atoms with E-state index >= 15 is 0 Å². The van der Waals surface area contributed by atoms with Gasteiger partial charge >= 0.3 is 14.0 Å². The molecule has 6 heteroatoms. The maximum Gasteiger partial charge on any atom is 0.489 e. The van der Waals surface area contributed by atoms with Crippen LogP contribution in [0.5, 0.6) is 0 Å². The second-order valence-corrected chi connectivity index (χ2v) is 7.24. The Hall–Kier alpha value is -0.0301. The summed E-state index contributed by atoms with van der Waals surface area (Å²) in [5, 5.41) is 0. The Morgan fingerprint density at radius 2 is 1.47 bits per heavy atom. The second kappa shape index (κ2) is 4.48. The Morgan fingerprint density at radius 1 is 0.895 bits per heavy atom. The van der Waals surface area contributed by atoms with Crippen molar-refractivity contribution >= 4 is 14.0 Å². The van der Waals surface area contributed by atoms with E-state index in [0.29, 0.717) is 5.92 Å². The van der Waals surface area contributed by atoms with Crippen molar-refractivity contribution in [2.45, 2.75) is 78.3 Å². The summed E-state index contributed by atoms with van der Waals surface area (Å²) in [4.78, 5) is 0. The topological polar surface area (TPSA) is 36.9 Å². The maximum absolute atomic E-state index is 6.18. The van der Waals surface area contributed by atoms with Gasteiger partial charge in [-0.05, 0) is 47.5 Å². The minimum Gasteiger partial charge on any atom is -0.408 e. The molecule has 0 aromatic rings. The van der Waals surface area contributed by atoms with Gasteiger partial charge in [-0.1, -0.05) is 13.8 Å². The average Bonchev–Trinajstić information content (AvgIpc) is 2.64. The third kappa shape index (κ3) is 2.37. The molecule has 108 valence electrons. The zero-order valence-electron chi connectivity index (χ0n) is 13.4. The van der Waals surface area contributed by atoms with Crippen LogP contribution in [0.1, 0.15) is 55.4 Å². The predicted octanol–water partition coefficient (Wildman–Crippen LogP) is 2.50. The molecule has 4 nitrogen and oxygen atoms in total. The molecule has 2 rings (SSSR count). The summed E-state index contributed by atoms with van der Waals surface area (Å²) in [5.41, 5.74) is -1.02. The molecule has 0 saturated carbocycles. The van der Waals surface area contributed by atoms with Gasteiger partial charge in [0.15, 0.2) is 0 Å². The quantitative estimate of drug-likeness (QED) is 0.721. The highest BCUT2D eigenvalue weighted by Crippen LogP contribution is 2.44. The van der Waals surface area contributed by atoms with Gasteiger partial charge in [0.05, 0.1) is 22.9 Å². The number of hydrogen-bond acceptors (Lipinski definition) is 4. The van der Waals surface area contributed by atoms with E-state index in [1.807, 2.05) is 20.8 Å². The fraction of sp³-hybridized carbons (Fsp3) is 1.00. The highest BCUT2D eigenvalue weighted by molar-refractivity contribution is 7.11. The summed E-state index contributed by atoms with van der Waals surface area (Å²) in [7, 11) is -0.920. The largest absolute Gasteiger partial charge is 0.489 e. The predicted molar refractivity (Wildman–Crippen MR) is 76.7 cm³/mol. The first-order valence-corrected chi connectivity index (χ1v) is 7.18. The molecule has 0 aromatic carbocycles. The van der Waals surface area contributed by atoms with Crippen LogP contribution < -0.4 is 0 Å². The Kier molecular flexibility index (Phi) is 3.63. The van der Waals surface area contributed by atoms with Crippen molar-refractivity contribution in [2.24, 2.45) is 5.92 Å². The van der Waals surface area contributed by atoms with Gasteiger partial charge in [0.2, 0.25) is 0 Å². The number of hydrogen-bond donors (Lipinski definition) is 0. The first kappa shape index (κ1) is 15.4. The SMILES string of the molecule is CC1OB(B2OC(C)(C)C(C)(C(C)C)O2)OC1(C)C. The molecule has 0 aliphatic carbocycles. The van der Waals surface area contributed by atoms with E-state index in [2.05, 4.69) is 34.6 Å². The van der Waals surface area contributed by atoms with Gasteiger partial charge in [0.1, 0.15) is 0 Å². The molecular formula is C13H26B2O4. The molecule has 0 N–H and O–H groups in total. The minimum atomic E-state index is -0.466. The fourth-order valence-electron chi connectivity index (χ4n) is 2.66. The van der Waals surface area contributed by atoms with Crippen molar-refractivity contribution in [3.05, 3.63) is 0 Å². The second-order valence-electron chi connectivity index (χ2n) is 7.24. The smallest absolute Gasteiger partial charge is 0.408 e. The zero-order valence-corrected chi connectivity index (χ0v) is 13.4. The van der Waals surface area contributed by atoms with Crippen LogP contribution >= 0.6 is 0 Å². The molecule has 19 heavy (non-hydrogen) atoms. The molecule has 2 heterocycles. The molecule has 2 unspecified atom stereocenters. The van der Waals surface area contributed by atoms with Crippen LogP contribution in [0.25, 0.3) is 0 Å². The molecule has 2 atom stereocenters. The van der Waals surface area contributed by atoms with Crippen molar-refractivity contribution in [2.75, 3.05) is 0 Å². The van der Waals surface area contributed by atoms with Crippen LogP contribution in [0.15, 0.2) is 0 Å². The van der Waals surface area contributed by atoms with Crippen LogP contribution in [0.2, 0.25) is 0 Å². The highest BCUT2D eigenvalue weighted by atomic mass is 16.7. The molecule has 2 fully saturated rings. The molecule has 0 radical (unpaired) electrons. The zero-order chi connectivity index (χ0) is 14.6. The van der Waals surface area contributed by atoms with E-state index in [1.165, 1.54) is 0 Å². The summed E-state index contributed by atoms with van der Waals surface area (Å²) < 4.78 is 24.1. The van der Waals surface area contributed by atoms with Crippen molar-refractivity contribution in [1.29, 1.82) is 0 Å². The van der Waals surface area contributed by atoms with Gasteiger partial charge < -0.3 is 18.6 Å². The van der Waals surface area contributed by atoms with Gasteiger partial charge in [0.25, 0.3) is 0 Å². The van der Waals surface area contributed by atoms with Crippen molar-refractivity contribution < 1.29 is 18.6 Å². The van der Waals surface area contributed by atoms with E-state index in [0.717, 1.165) is 0 Å². The third-order valence-corrected chi connectivity index (χ3v) is 5.03. The van der Waals surface area contributed by atoms with E-state index < -0.39 is 14.0 Å². The van der Waals surface area contributed by atoms with Crippen molar-refractivity contribution in [3.8, 4) is 0 Å². The average molecular weight is 268 g/mol. The Labute approximate surface area is 117 Å². The number of rotatable bonds is 2. The molecule has 0 aromatic heterocycles. The molecule has 2 aliphatic heterocycles. The van der Waals surface area contributed by atoms with Gasteiger partial charge in [0, 0.05) is 0 Å².